The van der Waals surface area contributed by atoms with Crippen LogP contribution < -0.4 is 10.1 Å². The van der Waals surface area contributed by atoms with Gasteiger partial charge in [-0.15, -0.1) is 0 Å². The second-order valence-electron chi connectivity index (χ2n) is 3.69. The van der Waals surface area contributed by atoms with E-state index in [-0.39, 0.29) is 0 Å². The Morgan fingerprint density at radius 1 is 1.47 bits per heavy atom. The molecule has 0 unspecified atom stereocenters. The van der Waals surface area contributed by atoms with Gasteiger partial charge in [0, 0.05) is 29.5 Å². The fourth-order valence-electron chi connectivity index (χ4n) is 1.41. The first-order valence-corrected chi connectivity index (χ1v) is 6.56. The Balaban J connectivity index is 2.60. The van der Waals surface area contributed by atoms with Gasteiger partial charge < -0.3 is 10.1 Å². The highest BCUT2D eigenvalue weighted by molar-refractivity contribution is 9.10. The van der Waals surface area contributed by atoms with Crippen LogP contribution in [0.4, 0.5) is 0 Å². The van der Waals surface area contributed by atoms with E-state index in [0.717, 1.165) is 35.4 Å². The summed E-state index contributed by atoms with van der Waals surface area (Å²) in [4.78, 5) is 0. The molecule has 1 rings (SSSR count). The molecule has 17 heavy (non-hydrogen) atoms. The van der Waals surface area contributed by atoms with Gasteiger partial charge in [0.25, 0.3) is 0 Å². The lowest BCUT2D eigenvalue weighted by Crippen LogP contribution is -2.15. The quantitative estimate of drug-likeness (QED) is 0.786. The zero-order valence-electron chi connectivity index (χ0n) is 10.0. The third kappa shape index (κ3) is 5.20. The van der Waals surface area contributed by atoms with Crippen molar-refractivity contribution < 1.29 is 4.74 Å². The molecular formula is C13H17BrN2O. The van der Waals surface area contributed by atoms with Crippen LogP contribution in [0.1, 0.15) is 25.3 Å². The Hall–Kier alpha value is -1.05. The van der Waals surface area contributed by atoms with Crippen LogP contribution >= 0.6 is 15.9 Å². The van der Waals surface area contributed by atoms with Crippen LogP contribution in [0.15, 0.2) is 22.7 Å². The van der Waals surface area contributed by atoms with Crippen molar-refractivity contribution in [2.45, 2.75) is 26.3 Å². The lowest BCUT2D eigenvalue weighted by molar-refractivity contribution is 0.313. The molecule has 0 amide bonds. The van der Waals surface area contributed by atoms with E-state index in [2.05, 4.69) is 34.2 Å². The van der Waals surface area contributed by atoms with E-state index < -0.39 is 0 Å². The normalized spacial score (nSPS) is 9.94. The lowest BCUT2D eigenvalue weighted by Gasteiger charge is -2.11. The Morgan fingerprint density at radius 3 is 3.00 bits per heavy atom. The largest absolute Gasteiger partial charge is 0.493 e. The number of ether oxygens (including phenoxy) is 1. The second kappa shape index (κ2) is 8.10. The van der Waals surface area contributed by atoms with Gasteiger partial charge in [-0.05, 0) is 24.6 Å². The molecule has 0 saturated carbocycles. The summed E-state index contributed by atoms with van der Waals surface area (Å²) in [5.41, 5.74) is 1.12. The molecule has 0 heterocycles. The summed E-state index contributed by atoms with van der Waals surface area (Å²) < 4.78 is 6.71. The molecule has 3 nitrogen and oxygen atoms in total. The van der Waals surface area contributed by atoms with Gasteiger partial charge in [0.15, 0.2) is 0 Å². The van der Waals surface area contributed by atoms with Crippen LogP contribution in [0, 0.1) is 11.3 Å². The van der Waals surface area contributed by atoms with Crippen LogP contribution in [0.25, 0.3) is 0 Å². The van der Waals surface area contributed by atoms with Crippen molar-refractivity contribution in [3.05, 3.63) is 28.2 Å². The Labute approximate surface area is 111 Å². The van der Waals surface area contributed by atoms with E-state index >= 15 is 0 Å². The van der Waals surface area contributed by atoms with Crippen molar-refractivity contribution in [3.8, 4) is 11.8 Å². The summed E-state index contributed by atoms with van der Waals surface area (Å²) in [6.45, 7) is 4.24. The highest BCUT2D eigenvalue weighted by Gasteiger charge is 2.04. The maximum Gasteiger partial charge on any atom is 0.123 e. The molecule has 1 aromatic rings. The standard InChI is InChI=1S/C13H17BrN2O/c1-2-8-17-13-5-4-12(14)9-11(13)10-16-7-3-6-15/h4-5,9,16H,2-3,7-8,10H2,1H3. The summed E-state index contributed by atoms with van der Waals surface area (Å²) in [6, 6.07) is 8.11. The molecule has 0 fully saturated rings. The van der Waals surface area contributed by atoms with Crippen LogP contribution in [0.3, 0.4) is 0 Å². The van der Waals surface area contributed by atoms with Gasteiger partial charge in [0.05, 0.1) is 12.7 Å². The molecule has 0 spiro atoms. The molecule has 1 aromatic carbocycles. The molecule has 0 aliphatic carbocycles. The zero-order chi connectivity index (χ0) is 12.5. The molecule has 4 heteroatoms. The number of hydrogen-bond donors (Lipinski definition) is 1. The van der Waals surface area contributed by atoms with Crippen LogP contribution in [-0.4, -0.2) is 13.2 Å². The molecule has 0 radical (unpaired) electrons. The van der Waals surface area contributed by atoms with Gasteiger partial charge in [0.2, 0.25) is 0 Å². The van der Waals surface area contributed by atoms with Crippen LogP contribution in [0.5, 0.6) is 5.75 Å². The number of hydrogen-bond acceptors (Lipinski definition) is 3. The van der Waals surface area contributed by atoms with Gasteiger partial charge in [0.1, 0.15) is 5.75 Å². The van der Waals surface area contributed by atoms with Gasteiger partial charge in [-0.1, -0.05) is 22.9 Å². The van der Waals surface area contributed by atoms with Crippen LogP contribution in [-0.2, 0) is 6.54 Å². The van der Waals surface area contributed by atoms with Gasteiger partial charge in [-0.3, -0.25) is 0 Å². The van der Waals surface area contributed by atoms with Crippen molar-refractivity contribution in [3.63, 3.8) is 0 Å². The van der Waals surface area contributed by atoms with Crippen molar-refractivity contribution >= 4 is 15.9 Å². The van der Waals surface area contributed by atoms with Gasteiger partial charge in [-0.2, -0.15) is 5.26 Å². The molecule has 92 valence electrons. The average Bonchev–Trinajstić information content (AvgIpc) is 2.33. The van der Waals surface area contributed by atoms with Crippen molar-refractivity contribution in [2.24, 2.45) is 0 Å². The first kappa shape index (κ1) is 14.0. The summed E-state index contributed by atoms with van der Waals surface area (Å²) in [5.74, 6) is 0.916. The minimum Gasteiger partial charge on any atom is -0.493 e. The maximum atomic E-state index is 8.46. The first-order chi connectivity index (χ1) is 8.27. The summed E-state index contributed by atoms with van der Waals surface area (Å²) in [7, 11) is 0. The van der Waals surface area contributed by atoms with Crippen LogP contribution in [0.2, 0.25) is 0 Å². The molecule has 0 bridgehead atoms. The molecular weight excluding hydrogens is 280 g/mol. The van der Waals surface area contributed by atoms with Crippen molar-refractivity contribution in [2.75, 3.05) is 13.2 Å². The Bertz CT molecular complexity index is 387. The molecule has 0 aliphatic heterocycles. The molecule has 1 N–H and O–H groups in total. The highest BCUT2D eigenvalue weighted by Crippen LogP contribution is 2.23. The number of benzene rings is 1. The van der Waals surface area contributed by atoms with E-state index in [0.29, 0.717) is 13.0 Å². The smallest absolute Gasteiger partial charge is 0.123 e. The minimum absolute atomic E-state index is 0.527. The minimum atomic E-state index is 0.527. The van der Waals surface area contributed by atoms with E-state index in [4.69, 9.17) is 10.00 Å². The third-order valence-corrected chi connectivity index (χ3v) is 2.71. The average molecular weight is 297 g/mol. The molecule has 0 aliphatic rings. The summed E-state index contributed by atoms with van der Waals surface area (Å²) >= 11 is 3.45. The highest BCUT2D eigenvalue weighted by atomic mass is 79.9. The predicted octanol–water partition coefficient (Wildman–Crippen LogP) is 3.24. The Morgan fingerprint density at radius 2 is 2.29 bits per heavy atom. The van der Waals surface area contributed by atoms with E-state index in [1.165, 1.54) is 0 Å². The van der Waals surface area contributed by atoms with E-state index in [9.17, 15) is 0 Å². The fourth-order valence-corrected chi connectivity index (χ4v) is 1.81. The monoisotopic (exact) mass is 296 g/mol. The van der Waals surface area contributed by atoms with Gasteiger partial charge in [-0.25, -0.2) is 0 Å². The number of nitrogens with one attached hydrogen (secondary N) is 1. The molecule has 0 atom stereocenters. The van der Waals surface area contributed by atoms with Crippen molar-refractivity contribution in [1.82, 2.24) is 5.32 Å². The topological polar surface area (TPSA) is 45.0 Å². The first-order valence-electron chi connectivity index (χ1n) is 5.76. The third-order valence-electron chi connectivity index (χ3n) is 2.21. The molecule has 0 aromatic heterocycles. The number of halogens is 1. The van der Waals surface area contributed by atoms with E-state index in [1.807, 2.05) is 18.2 Å². The van der Waals surface area contributed by atoms with Crippen molar-refractivity contribution in [1.29, 1.82) is 5.26 Å². The second-order valence-corrected chi connectivity index (χ2v) is 4.60. The summed E-state index contributed by atoms with van der Waals surface area (Å²) in [5, 5.41) is 11.7. The molecule has 0 saturated heterocycles. The number of nitriles is 1. The van der Waals surface area contributed by atoms with E-state index in [1.54, 1.807) is 0 Å². The zero-order valence-corrected chi connectivity index (χ0v) is 11.6. The maximum absolute atomic E-state index is 8.46. The predicted molar refractivity (Wildman–Crippen MR) is 71.9 cm³/mol. The summed E-state index contributed by atoms with van der Waals surface area (Å²) in [6.07, 6.45) is 1.52. The lowest BCUT2D eigenvalue weighted by atomic mass is 10.2. The fraction of sp³-hybridized carbons (Fsp3) is 0.462. The van der Waals surface area contributed by atoms with Gasteiger partial charge >= 0.3 is 0 Å². The SMILES string of the molecule is CCCOc1ccc(Br)cc1CNCCC#N. The Kier molecular flexibility index (Phi) is 6.68. The number of rotatable bonds is 7. The number of nitrogens with zero attached hydrogens (tertiary/aromatic N) is 1.